The van der Waals surface area contributed by atoms with Crippen molar-refractivity contribution in [2.45, 2.75) is 33.0 Å². The lowest BCUT2D eigenvalue weighted by atomic mass is 10.5. The maximum atomic E-state index is 11.7. The van der Waals surface area contributed by atoms with Crippen LogP contribution >= 0.6 is 0 Å². The molecule has 0 aromatic rings. The fourth-order valence-electron chi connectivity index (χ4n) is 1.39. The molecule has 0 unspecified atom stereocenters. The van der Waals surface area contributed by atoms with E-state index in [1.165, 1.54) is 0 Å². The van der Waals surface area contributed by atoms with Gasteiger partial charge in [0.15, 0.2) is 16.1 Å². The minimum Gasteiger partial charge on any atom is -0.385 e. The van der Waals surface area contributed by atoms with Crippen molar-refractivity contribution in [3.05, 3.63) is 0 Å². The van der Waals surface area contributed by atoms with Crippen LogP contribution in [0.3, 0.4) is 0 Å². The van der Waals surface area contributed by atoms with E-state index in [4.69, 9.17) is 14.2 Å². The molecule has 0 bridgehead atoms. The van der Waals surface area contributed by atoms with Crippen molar-refractivity contribution >= 4 is 9.84 Å². The molecule has 0 aromatic heterocycles. The highest BCUT2D eigenvalue weighted by Crippen LogP contribution is 2.05. The van der Waals surface area contributed by atoms with Crippen LogP contribution in [0.15, 0.2) is 0 Å². The van der Waals surface area contributed by atoms with Crippen LogP contribution in [0.25, 0.3) is 0 Å². The number of rotatable bonds is 11. The Labute approximate surface area is 104 Å². The highest BCUT2D eigenvalue weighted by molar-refractivity contribution is 7.91. The molecule has 0 N–H and O–H groups in total. The van der Waals surface area contributed by atoms with Crippen molar-refractivity contribution in [1.82, 2.24) is 0 Å². The van der Waals surface area contributed by atoms with Crippen molar-refractivity contribution in [2.75, 3.05) is 38.4 Å². The summed E-state index contributed by atoms with van der Waals surface area (Å²) in [6.07, 6.45) is 0.506. The minimum absolute atomic E-state index is 0.0986. The quantitative estimate of drug-likeness (QED) is 0.416. The van der Waals surface area contributed by atoms with Crippen LogP contribution in [0.2, 0.25) is 0 Å². The molecule has 5 nitrogen and oxygen atoms in total. The summed E-state index contributed by atoms with van der Waals surface area (Å²) in [6, 6.07) is 0. The monoisotopic (exact) mass is 268 g/mol. The third-order valence-corrected chi connectivity index (χ3v) is 3.94. The molecule has 104 valence electrons. The Morgan fingerprint density at radius 2 is 1.65 bits per heavy atom. The first kappa shape index (κ1) is 16.8. The molecule has 0 saturated heterocycles. The molecule has 0 rings (SSSR count). The van der Waals surface area contributed by atoms with E-state index in [-0.39, 0.29) is 11.5 Å². The molecular formula is C11H24O5S. The third kappa shape index (κ3) is 9.52. The number of ether oxygens (including phenoxy) is 3. The third-order valence-electron chi connectivity index (χ3n) is 2.17. The first-order chi connectivity index (χ1) is 8.05. The van der Waals surface area contributed by atoms with E-state index in [1.807, 2.05) is 13.8 Å². The summed E-state index contributed by atoms with van der Waals surface area (Å²) >= 11 is 0. The van der Waals surface area contributed by atoms with Gasteiger partial charge in [-0.05, 0) is 20.3 Å². The number of hydrogen-bond donors (Lipinski definition) is 0. The van der Waals surface area contributed by atoms with Gasteiger partial charge in [-0.25, -0.2) is 8.42 Å². The molecule has 0 aliphatic carbocycles. The molecular weight excluding hydrogens is 244 g/mol. The van der Waals surface area contributed by atoms with Crippen molar-refractivity contribution in [3.63, 3.8) is 0 Å². The lowest BCUT2D eigenvalue weighted by Crippen LogP contribution is -2.23. The molecule has 0 spiro atoms. The Hall–Kier alpha value is -0.170. The van der Waals surface area contributed by atoms with E-state index < -0.39 is 16.1 Å². The summed E-state index contributed by atoms with van der Waals surface area (Å²) < 4.78 is 38.7. The van der Waals surface area contributed by atoms with Gasteiger partial charge in [0.25, 0.3) is 0 Å². The van der Waals surface area contributed by atoms with Crippen LogP contribution in [0, 0.1) is 0 Å². The first-order valence-corrected chi connectivity index (χ1v) is 7.80. The minimum atomic E-state index is -3.03. The predicted molar refractivity (Wildman–Crippen MR) is 66.8 cm³/mol. The van der Waals surface area contributed by atoms with E-state index >= 15 is 0 Å². The fourth-order valence-corrected chi connectivity index (χ4v) is 2.70. The summed E-state index contributed by atoms with van der Waals surface area (Å²) in [4.78, 5) is 0. The lowest BCUT2D eigenvalue weighted by Gasteiger charge is -2.16. The lowest BCUT2D eigenvalue weighted by molar-refractivity contribution is -0.136. The van der Waals surface area contributed by atoms with Crippen molar-refractivity contribution in [3.8, 4) is 0 Å². The molecule has 0 aliphatic rings. The van der Waals surface area contributed by atoms with Crippen LogP contribution in [-0.2, 0) is 24.0 Å². The van der Waals surface area contributed by atoms with E-state index in [0.29, 0.717) is 32.7 Å². The second-order valence-electron chi connectivity index (χ2n) is 3.63. The Kier molecular flexibility index (Phi) is 9.72. The molecule has 6 heteroatoms. The molecule has 0 aliphatic heterocycles. The van der Waals surface area contributed by atoms with Gasteiger partial charge < -0.3 is 14.2 Å². The van der Waals surface area contributed by atoms with Crippen molar-refractivity contribution < 1.29 is 22.6 Å². The van der Waals surface area contributed by atoms with E-state index in [2.05, 4.69) is 0 Å². The molecule has 0 fully saturated rings. The maximum Gasteiger partial charge on any atom is 0.158 e. The SMILES string of the molecule is CCOC(CCS(=O)(=O)CCCOC)OCC. The van der Waals surface area contributed by atoms with Crippen LogP contribution in [0.4, 0.5) is 0 Å². The molecule has 0 amide bonds. The zero-order chi connectivity index (χ0) is 13.1. The molecule has 0 atom stereocenters. The van der Waals surface area contributed by atoms with Gasteiger partial charge in [0.1, 0.15) is 0 Å². The summed E-state index contributed by atoms with van der Waals surface area (Å²) in [5.41, 5.74) is 0. The molecule has 0 heterocycles. The zero-order valence-electron chi connectivity index (χ0n) is 11.0. The van der Waals surface area contributed by atoms with Gasteiger partial charge in [0.05, 0.1) is 11.5 Å². The van der Waals surface area contributed by atoms with Gasteiger partial charge in [-0.15, -0.1) is 0 Å². The number of hydrogen-bond acceptors (Lipinski definition) is 5. The largest absolute Gasteiger partial charge is 0.385 e. The summed E-state index contributed by atoms with van der Waals surface area (Å²) in [5.74, 6) is 0.257. The predicted octanol–water partition coefficient (Wildman–Crippen LogP) is 1.23. The van der Waals surface area contributed by atoms with Crippen molar-refractivity contribution in [2.24, 2.45) is 0 Å². The average Bonchev–Trinajstić information content (AvgIpc) is 2.27. The van der Waals surface area contributed by atoms with Crippen LogP contribution in [0.5, 0.6) is 0 Å². The Morgan fingerprint density at radius 3 is 2.12 bits per heavy atom. The molecule has 17 heavy (non-hydrogen) atoms. The summed E-state index contributed by atoms with van der Waals surface area (Å²) in [7, 11) is -1.46. The maximum absolute atomic E-state index is 11.7. The van der Waals surface area contributed by atoms with Gasteiger partial charge >= 0.3 is 0 Å². The van der Waals surface area contributed by atoms with E-state index in [0.717, 1.165) is 0 Å². The zero-order valence-corrected chi connectivity index (χ0v) is 11.8. The molecule has 0 saturated carbocycles. The Bertz CT molecular complexity index is 257. The molecule has 0 radical (unpaired) electrons. The summed E-state index contributed by atoms with van der Waals surface area (Å²) in [6.45, 7) is 5.24. The second-order valence-corrected chi connectivity index (χ2v) is 5.93. The van der Waals surface area contributed by atoms with Crippen LogP contribution < -0.4 is 0 Å². The normalized spacial score (nSPS) is 12.2. The van der Waals surface area contributed by atoms with Gasteiger partial charge in [-0.3, -0.25) is 0 Å². The van der Waals surface area contributed by atoms with Gasteiger partial charge in [0, 0.05) is 33.4 Å². The van der Waals surface area contributed by atoms with Gasteiger partial charge in [-0.1, -0.05) is 0 Å². The Morgan fingerprint density at radius 1 is 1.06 bits per heavy atom. The fraction of sp³-hybridized carbons (Fsp3) is 1.00. The van der Waals surface area contributed by atoms with Gasteiger partial charge in [-0.2, -0.15) is 0 Å². The summed E-state index contributed by atoms with van der Waals surface area (Å²) in [5, 5.41) is 0. The van der Waals surface area contributed by atoms with E-state index in [1.54, 1.807) is 7.11 Å². The standard InChI is InChI=1S/C11H24O5S/c1-4-15-11(16-5-2)7-10-17(12,13)9-6-8-14-3/h11H,4-10H2,1-3H3. The van der Waals surface area contributed by atoms with E-state index in [9.17, 15) is 8.42 Å². The highest BCUT2D eigenvalue weighted by atomic mass is 32.2. The number of methoxy groups -OCH3 is 1. The second kappa shape index (κ2) is 9.82. The highest BCUT2D eigenvalue weighted by Gasteiger charge is 2.15. The van der Waals surface area contributed by atoms with Gasteiger partial charge in [0.2, 0.25) is 0 Å². The average molecular weight is 268 g/mol. The smallest absolute Gasteiger partial charge is 0.158 e. The van der Waals surface area contributed by atoms with Crippen LogP contribution in [0.1, 0.15) is 26.7 Å². The first-order valence-electron chi connectivity index (χ1n) is 5.98. The Balaban J connectivity index is 3.95. The molecule has 0 aromatic carbocycles. The van der Waals surface area contributed by atoms with Crippen LogP contribution in [-0.4, -0.2) is 53.1 Å². The number of sulfone groups is 1. The topological polar surface area (TPSA) is 61.8 Å². The van der Waals surface area contributed by atoms with Crippen molar-refractivity contribution in [1.29, 1.82) is 0 Å².